The van der Waals surface area contributed by atoms with Gasteiger partial charge in [0, 0.05) is 35.1 Å². The summed E-state index contributed by atoms with van der Waals surface area (Å²) in [4.78, 5) is 25.3. The van der Waals surface area contributed by atoms with Gasteiger partial charge < -0.3 is 15.2 Å². The molecule has 5 heteroatoms. The third kappa shape index (κ3) is 4.46. The van der Waals surface area contributed by atoms with Crippen LogP contribution in [0.1, 0.15) is 61.3 Å². The van der Waals surface area contributed by atoms with Crippen LogP contribution in [0.15, 0.2) is 36.4 Å². The molecule has 1 fully saturated rings. The first kappa shape index (κ1) is 20.2. The predicted octanol–water partition coefficient (Wildman–Crippen LogP) is 3.91. The highest BCUT2D eigenvalue weighted by atomic mass is 16.2. The van der Waals surface area contributed by atoms with Crippen molar-refractivity contribution in [3.05, 3.63) is 53.3 Å². The molecule has 0 radical (unpaired) electrons. The molecule has 2 aromatic rings. The first-order valence-electron chi connectivity index (χ1n) is 10.2. The van der Waals surface area contributed by atoms with Crippen LogP contribution in [0.25, 0.3) is 5.69 Å². The second kappa shape index (κ2) is 8.63. The first-order valence-corrected chi connectivity index (χ1v) is 10.2. The van der Waals surface area contributed by atoms with E-state index < -0.39 is 0 Å². The van der Waals surface area contributed by atoms with Crippen molar-refractivity contribution in [2.75, 3.05) is 0 Å². The Hall–Kier alpha value is -2.56. The summed E-state index contributed by atoms with van der Waals surface area (Å²) in [6.07, 6.45) is 3.49. The van der Waals surface area contributed by atoms with Crippen molar-refractivity contribution < 1.29 is 9.59 Å². The van der Waals surface area contributed by atoms with E-state index in [9.17, 15) is 9.59 Å². The Morgan fingerprint density at radius 2 is 1.82 bits per heavy atom. The van der Waals surface area contributed by atoms with Crippen molar-refractivity contribution in [2.24, 2.45) is 5.92 Å². The summed E-state index contributed by atoms with van der Waals surface area (Å²) in [6, 6.07) is 12.2. The molecule has 1 saturated carbocycles. The lowest BCUT2D eigenvalue weighted by atomic mass is 9.85. The second-order valence-electron chi connectivity index (χ2n) is 8.15. The molecule has 150 valence electrons. The minimum absolute atomic E-state index is 0.0156. The van der Waals surface area contributed by atoms with E-state index in [1.54, 1.807) is 0 Å². The molecule has 0 saturated heterocycles. The van der Waals surface area contributed by atoms with Crippen molar-refractivity contribution in [1.82, 2.24) is 15.2 Å². The van der Waals surface area contributed by atoms with E-state index in [0.717, 1.165) is 36.3 Å². The summed E-state index contributed by atoms with van der Waals surface area (Å²) < 4.78 is 2.11. The van der Waals surface area contributed by atoms with E-state index in [1.165, 1.54) is 0 Å². The molecule has 5 nitrogen and oxygen atoms in total. The van der Waals surface area contributed by atoms with E-state index in [0.29, 0.717) is 12.0 Å². The number of amides is 2. The molecule has 0 spiro atoms. The molecule has 1 aliphatic carbocycles. The molecule has 3 rings (SSSR count). The second-order valence-corrected chi connectivity index (χ2v) is 8.15. The van der Waals surface area contributed by atoms with Gasteiger partial charge in [-0.05, 0) is 65.2 Å². The predicted molar refractivity (Wildman–Crippen MR) is 112 cm³/mol. The maximum Gasteiger partial charge on any atom is 0.253 e. The van der Waals surface area contributed by atoms with E-state index in [-0.39, 0.29) is 29.8 Å². The van der Waals surface area contributed by atoms with Gasteiger partial charge in [0.25, 0.3) is 5.91 Å². The summed E-state index contributed by atoms with van der Waals surface area (Å²) in [7, 11) is 0. The Labute approximate surface area is 167 Å². The molecule has 0 aliphatic heterocycles. The van der Waals surface area contributed by atoms with Crippen LogP contribution in [-0.4, -0.2) is 28.5 Å². The summed E-state index contributed by atoms with van der Waals surface area (Å²) in [5, 5.41) is 6.18. The number of para-hydroxylation sites is 1. The quantitative estimate of drug-likeness (QED) is 0.825. The smallest absolute Gasteiger partial charge is 0.253 e. The van der Waals surface area contributed by atoms with Crippen LogP contribution < -0.4 is 10.6 Å². The highest BCUT2D eigenvalue weighted by Gasteiger charge is 2.29. The monoisotopic (exact) mass is 381 g/mol. The molecule has 1 heterocycles. The van der Waals surface area contributed by atoms with E-state index in [2.05, 4.69) is 15.2 Å². The van der Waals surface area contributed by atoms with Crippen LogP contribution in [0.5, 0.6) is 0 Å². The van der Waals surface area contributed by atoms with Gasteiger partial charge >= 0.3 is 0 Å². The lowest BCUT2D eigenvalue weighted by molar-refractivity contribution is -0.126. The van der Waals surface area contributed by atoms with Gasteiger partial charge in [-0.3, -0.25) is 9.59 Å². The van der Waals surface area contributed by atoms with Crippen LogP contribution in [0.4, 0.5) is 0 Å². The molecule has 1 aliphatic rings. The topological polar surface area (TPSA) is 63.1 Å². The van der Waals surface area contributed by atoms with Crippen LogP contribution in [0.3, 0.4) is 0 Å². The average Bonchev–Trinajstić information content (AvgIpc) is 2.96. The van der Waals surface area contributed by atoms with Crippen LogP contribution in [0.2, 0.25) is 0 Å². The Morgan fingerprint density at radius 1 is 1.11 bits per heavy atom. The van der Waals surface area contributed by atoms with Crippen LogP contribution >= 0.6 is 0 Å². The molecule has 2 atom stereocenters. The van der Waals surface area contributed by atoms with Gasteiger partial charge in [-0.25, -0.2) is 0 Å². The summed E-state index contributed by atoms with van der Waals surface area (Å²) in [6.45, 7) is 7.95. The number of benzene rings is 1. The fourth-order valence-corrected chi connectivity index (χ4v) is 4.19. The normalized spacial score (nSPS) is 19.5. The SMILES string of the molecule is Cc1cc(C(=O)NC2CCCC(C(=O)NC(C)C)C2)c(C)n1-c1ccccc1. The fourth-order valence-electron chi connectivity index (χ4n) is 4.19. The summed E-state index contributed by atoms with van der Waals surface area (Å²) in [5.41, 5.74) is 3.73. The maximum absolute atomic E-state index is 13.0. The highest BCUT2D eigenvalue weighted by molar-refractivity contribution is 5.96. The van der Waals surface area contributed by atoms with Crippen LogP contribution in [0, 0.1) is 19.8 Å². The molecule has 2 unspecified atom stereocenters. The standard InChI is InChI=1S/C23H31N3O2/c1-15(2)24-22(27)18-9-8-10-19(14-18)25-23(28)21-13-16(3)26(17(21)4)20-11-6-5-7-12-20/h5-7,11-13,15,18-19H,8-10,14H2,1-4H3,(H,24,27)(H,25,28). The number of carbonyl (C=O) groups excluding carboxylic acids is 2. The zero-order valence-corrected chi connectivity index (χ0v) is 17.3. The van der Waals surface area contributed by atoms with Gasteiger partial charge in [0.15, 0.2) is 0 Å². The Balaban J connectivity index is 1.71. The molecule has 2 amide bonds. The fraction of sp³-hybridized carbons (Fsp3) is 0.478. The highest BCUT2D eigenvalue weighted by Crippen LogP contribution is 2.26. The number of hydrogen-bond acceptors (Lipinski definition) is 2. The van der Waals surface area contributed by atoms with Gasteiger partial charge in [-0.2, -0.15) is 0 Å². The third-order valence-electron chi connectivity index (χ3n) is 5.50. The third-order valence-corrected chi connectivity index (χ3v) is 5.50. The molecular formula is C23H31N3O2. The van der Waals surface area contributed by atoms with Crippen molar-refractivity contribution in [3.8, 4) is 5.69 Å². The number of nitrogens with one attached hydrogen (secondary N) is 2. The van der Waals surface area contributed by atoms with Crippen molar-refractivity contribution in [1.29, 1.82) is 0 Å². The van der Waals surface area contributed by atoms with E-state index in [1.807, 2.05) is 64.1 Å². The Bertz CT molecular complexity index is 839. The number of nitrogens with zero attached hydrogens (tertiary/aromatic N) is 1. The van der Waals surface area contributed by atoms with Gasteiger partial charge in [0.1, 0.15) is 0 Å². The molecule has 1 aromatic heterocycles. The number of carbonyl (C=O) groups is 2. The zero-order valence-electron chi connectivity index (χ0n) is 17.3. The Morgan fingerprint density at radius 3 is 2.50 bits per heavy atom. The minimum atomic E-state index is -0.0507. The molecule has 1 aromatic carbocycles. The van der Waals surface area contributed by atoms with E-state index in [4.69, 9.17) is 0 Å². The first-order chi connectivity index (χ1) is 13.4. The average molecular weight is 382 g/mol. The van der Waals surface area contributed by atoms with Crippen molar-refractivity contribution >= 4 is 11.8 Å². The molecule has 28 heavy (non-hydrogen) atoms. The van der Waals surface area contributed by atoms with Crippen molar-refractivity contribution in [2.45, 2.75) is 65.5 Å². The van der Waals surface area contributed by atoms with Crippen LogP contribution in [-0.2, 0) is 4.79 Å². The molecule has 2 N–H and O–H groups in total. The number of hydrogen-bond donors (Lipinski definition) is 2. The van der Waals surface area contributed by atoms with Gasteiger partial charge in [0.2, 0.25) is 5.91 Å². The lowest BCUT2D eigenvalue weighted by Crippen LogP contribution is -2.43. The maximum atomic E-state index is 13.0. The summed E-state index contributed by atoms with van der Waals surface area (Å²) in [5.74, 6) is 0.0413. The molecular weight excluding hydrogens is 350 g/mol. The number of rotatable bonds is 5. The molecule has 0 bridgehead atoms. The zero-order chi connectivity index (χ0) is 20.3. The van der Waals surface area contributed by atoms with Crippen molar-refractivity contribution in [3.63, 3.8) is 0 Å². The largest absolute Gasteiger partial charge is 0.354 e. The Kier molecular flexibility index (Phi) is 6.22. The van der Waals surface area contributed by atoms with Gasteiger partial charge in [-0.15, -0.1) is 0 Å². The number of aryl methyl sites for hydroxylation is 1. The summed E-state index contributed by atoms with van der Waals surface area (Å²) >= 11 is 0. The number of aromatic nitrogens is 1. The van der Waals surface area contributed by atoms with E-state index >= 15 is 0 Å². The van der Waals surface area contributed by atoms with Gasteiger partial charge in [-0.1, -0.05) is 24.6 Å². The lowest BCUT2D eigenvalue weighted by Gasteiger charge is -2.29. The van der Waals surface area contributed by atoms with Gasteiger partial charge in [0.05, 0.1) is 5.56 Å². The minimum Gasteiger partial charge on any atom is -0.354 e.